The van der Waals surface area contributed by atoms with Crippen molar-refractivity contribution in [2.45, 2.75) is 65.1 Å². The minimum absolute atomic E-state index is 0.00714. The molecule has 0 saturated carbocycles. The van der Waals surface area contributed by atoms with Crippen LogP contribution in [0.2, 0.25) is 0 Å². The molecule has 5 heteroatoms. The van der Waals surface area contributed by atoms with Crippen molar-refractivity contribution in [1.82, 2.24) is 10.2 Å². The molecule has 0 heterocycles. The monoisotopic (exact) mass is 458 g/mol. The minimum Gasteiger partial charge on any atom is -0.352 e. The molecule has 156 valence electrons. The zero-order valence-corrected chi connectivity index (χ0v) is 19.1. The fourth-order valence-electron chi connectivity index (χ4n) is 3.18. The van der Waals surface area contributed by atoms with E-state index in [2.05, 4.69) is 21.2 Å². The zero-order valence-electron chi connectivity index (χ0n) is 17.5. The summed E-state index contributed by atoms with van der Waals surface area (Å²) in [5.41, 5.74) is 2.04. The van der Waals surface area contributed by atoms with Crippen LogP contribution >= 0.6 is 15.9 Å². The number of hydrogen-bond acceptors (Lipinski definition) is 2. The maximum absolute atomic E-state index is 13.2. The Morgan fingerprint density at radius 2 is 1.72 bits per heavy atom. The molecular weight excluding hydrogens is 428 g/mol. The molecule has 0 saturated heterocycles. The molecule has 4 nitrogen and oxygen atoms in total. The lowest BCUT2D eigenvalue weighted by Gasteiger charge is -2.32. The molecule has 0 bridgehead atoms. The Labute approximate surface area is 182 Å². The molecule has 0 radical (unpaired) electrons. The number of hydrogen-bond donors (Lipinski definition) is 1. The van der Waals surface area contributed by atoms with Crippen molar-refractivity contribution in [2.75, 3.05) is 0 Å². The van der Waals surface area contributed by atoms with E-state index in [1.54, 1.807) is 4.90 Å². The highest BCUT2D eigenvalue weighted by Gasteiger charge is 2.30. The third-order valence-corrected chi connectivity index (χ3v) is 5.47. The van der Waals surface area contributed by atoms with Gasteiger partial charge in [0.05, 0.1) is 0 Å². The van der Waals surface area contributed by atoms with Gasteiger partial charge in [0.15, 0.2) is 0 Å². The Kier molecular flexibility index (Phi) is 9.39. The van der Waals surface area contributed by atoms with Crippen LogP contribution in [0.5, 0.6) is 0 Å². The van der Waals surface area contributed by atoms with Gasteiger partial charge in [0.1, 0.15) is 6.04 Å². The number of halogens is 1. The van der Waals surface area contributed by atoms with E-state index in [0.717, 1.165) is 28.4 Å². The van der Waals surface area contributed by atoms with Crippen LogP contribution < -0.4 is 5.32 Å². The third kappa shape index (κ3) is 7.32. The average molecular weight is 459 g/mol. The molecular formula is C24H31BrN2O2. The molecule has 2 amide bonds. The van der Waals surface area contributed by atoms with Crippen molar-refractivity contribution in [3.63, 3.8) is 0 Å². The smallest absolute Gasteiger partial charge is 0.243 e. The number of rotatable bonds is 10. The van der Waals surface area contributed by atoms with E-state index in [9.17, 15) is 9.59 Å². The van der Waals surface area contributed by atoms with Gasteiger partial charge in [-0.3, -0.25) is 9.59 Å². The summed E-state index contributed by atoms with van der Waals surface area (Å²) in [7, 11) is 0. The van der Waals surface area contributed by atoms with Gasteiger partial charge in [0.25, 0.3) is 0 Å². The Bertz CT molecular complexity index is 794. The first-order valence-electron chi connectivity index (χ1n) is 10.3. The molecule has 2 rings (SSSR count). The highest BCUT2D eigenvalue weighted by atomic mass is 79.9. The molecule has 0 aliphatic heterocycles. The van der Waals surface area contributed by atoms with Crippen LogP contribution in [-0.4, -0.2) is 28.8 Å². The predicted octanol–water partition coefficient (Wildman–Crippen LogP) is 5.10. The van der Waals surface area contributed by atoms with Gasteiger partial charge in [0, 0.05) is 29.9 Å². The molecule has 2 aromatic rings. The fraction of sp³-hybridized carbons (Fsp3) is 0.417. The first-order chi connectivity index (χ1) is 13.9. The second-order valence-electron chi connectivity index (χ2n) is 7.42. The summed E-state index contributed by atoms with van der Waals surface area (Å²) in [6.07, 6.45) is 2.51. The number of carbonyl (C=O) groups excluding carboxylic acids is 2. The lowest BCUT2D eigenvalue weighted by atomic mass is 10.0. The van der Waals surface area contributed by atoms with Gasteiger partial charge in [-0.25, -0.2) is 0 Å². The lowest BCUT2D eigenvalue weighted by molar-refractivity contribution is -0.141. The molecule has 1 N–H and O–H groups in total. The predicted molar refractivity (Wildman–Crippen MR) is 121 cm³/mol. The number of nitrogens with one attached hydrogen (secondary N) is 1. The first kappa shape index (κ1) is 23.1. The van der Waals surface area contributed by atoms with E-state index in [0.29, 0.717) is 19.4 Å². The van der Waals surface area contributed by atoms with E-state index in [1.807, 2.05) is 75.4 Å². The molecule has 2 aromatic carbocycles. The van der Waals surface area contributed by atoms with Crippen LogP contribution in [0.4, 0.5) is 0 Å². The van der Waals surface area contributed by atoms with Gasteiger partial charge in [-0.1, -0.05) is 72.2 Å². The summed E-state index contributed by atoms with van der Waals surface area (Å²) in [5.74, 6) is -0.0876. The third-order valence-electron chi connectivity index (χ3n) is 4.98. The molecule has 0 unspecified atom stereocenters. The Balaban J connectivity index is 2.37. The first-order valence-corrected chi connectivity index (χ1v) is 11.1. The van der Waals surface area contributed by atoms with Crippen molar-refractivity contribution >= 4 is 27.7 Å². The Morgan fingerprint density at radius 3 is 2.34 bits per heavy atom. The van der Waals surface area contributed by atoms with Crippen LogP contribution in [0.25, 0.3) is 0 Å². The molecule has 0 spiro atoms. The highest BCUT2D eigenvalue weighted by Crippen LogP contribution is 2.19. The van der Waals surface area contributed by atoms with Crippen molar-refractivity contribution in [1.29, 1.82) is 0 Å². The summed E-state index contributed by atoms with van der Waals surface area (Å²) in [6, 6.07) is 17.3. The Morgan fingerprint density at radius 1 is 1.03 bits per heavy atom. The van der Waals surface area contributed by atoms with Crippen molar-refractivity contribution in [3.05, 3.63) is 70.2 Å². The number of benzene rings is 2. The van der Waals surface area contributed by atoms with Crippen molar-refractivity contribution < 1.29 is 9.59 Å². The van der Waals surface area contributed by atoms with Crippen molar-refractivity contribution in [2.24, 2.45) is 0 Å². The summed E-state index contributed by atoms with van der Waals surface area (Å²) in [4.78, 5) is 28.0. The molecule has 0 aliphatic carbocycles. The summed E-state index contributed by atoms with van der Waals surface area (Å²) >= 11 is 3.50. The summed E-state index contributed by atoms with van der Waals surface area (Å²) < 4.78 is 0.960. The van der Waals surface area contributed by atoms with Gasteiger partial charge in [-0.2, -0.15) is 0 Å². The zero-order chi connectivity index (χ0) is 21.2. The van der Waals surface area contributed by atoms with Crippen LogP contribution in [0.3, 0.4) is 0 Å². The van der Waals surface area contributed by atoms with Crippen LogP contribution in [0.1, 0.15) is 51.2 Å². The van der Waals surface area contributed by atoms with E-state index >= 15 is 0 Å². The maximum Gasteiger partial charge on any atom is 0.243 e. The molecule has 0 fully saturated rings. The maximum atomic E-state index is 13.2. The lowest BCUT2D eigenvalue weighted by Crippen LogP contribution is -2.52. The van der Waals surface area contributed by atoms with E-state index < -0.39 is 6.04 Å². The number of amides is 2. The topological polar surface area (TPSA) is 49.4 Å². The standard InChI is InChI=1S/C24H31BrN2O2/c1-4-10-23(28)27(17-20-13-9-14-21(25)15-20)22(24(29)26-18(3)5-2)16-19-11-7-6-8-12-19/h6-9,11-15,18,22H,4-5,10,16-17H2,1-3H3,(H,26,29)/t18-,22+/m1/s1. The van der Waals surface area contributed by atoms with Crippen LogP contribution in [-0.2, 0) is 22.6 Å². The second-order valence-corrected chi connectivity index (χ2v) is 8.34. The van der Waals surface area contributed by atoms with Crippen LogP contribution in [0.15, 0.2) is 59.1 Å². The van der Waals surface area contributed by atoms with Gasteiger partial charge < -0.3 is 10.2 Å². The van der Waals surface area contributed by atoms with Crippen molar-refractivity contribution in [3.8, 4) is 0 Å². The number of nitrogens with zero attached hydrogens (tertiary/aromatic N) is 1. The van der Waals surface area contributed by atoms with Gasteiger partial charge in [-0.05, 0) is 43.0 Å². The van der Waals surface area contributed by atoms with Gasteiger partial charge in [0.2, 0.25) is 11.8 Å². The highest BCUT2D eigenvalue weighted by molar-refractivity contribution is 9.10. The van der Waals surface area contributed by atoms with Crippen LogP contribution in [0, 0.1) is 0 Å². The van der Waals surface area contributed by atoms with E-state index in [1.165, 1.54) is 0 Å². The van der Waals surface area contributed by atoms with Gasteiger partial charge in [-0.15, -0.1) is 0 Å². The van der Waals surface area contributed by atoms with E-state index in [-0.39, 0.29) is 17.9 Å². The fourth-order valence-corrected chi connectivity index (χ4v) is 3.63. The normalized spacial score (nSPS) is 12.8. The minimum atomic E-state index is -0.551. The SMILES string of the molecule is CCCC(=O)N(Cc1cccc(Br)c1)[C@@H](Cc1ccccc1)C(=O)N[C@H](C)CC. The second kappa shape index (κ2) is 11.8. The largest absolute Gasteiger partial charge is 0.352 e. The molecule has 2 atom stereocenters. The number of carbonyl (C=O) groups is 2. The average Bonchev–Trinajstić information content (AvgIpc) is 2.71. The summed E-state index contributed by atoms with van der Waals surface area (Å²) in [6.45, 7) is 6.42. The Hall–Kier alpha value is -2.14. The summed E-state index contributed by atoms with van der Waals surface area (Å²) in [5, 5.41) is 3.08. The van der Waals surface area contributed by atoms with Gasteiger partial charge >= 0.3 is 0 Å². The molecule has 0 aliphatic rings. The van der Waals surface area contributed by atoms with E-state index in [4.69, 9.17) is 0 Å². The molecule has 29 heavy (non-hydrogen) atoms. The quantitative estimate of drug-likeness (QED) is 0.537. The molecule has 0 aromatic heterocycles.